The lowest BCUT2D eigenvalue weighted by molar-refractivity contribution is 0.374. The van der Waals surface area contributed by atoms with Crippen molar-refractivity contribution in [3.63, 3.8) is 0 Å². The number of methoxy groups -OCH3 is 1. The van der Waals surface area contributed by atoms with Gasteiger partial charge in [-0.3, -0.25) is 0 Å². The summed E-state index contributed by atoms with van der Waals surface area (Å²) in [6.07, 6.45) is 0. The number of rotatable bonds is 5. The first-order chi connectivity index (χ1) is 7.88. The highest BCUT2D eigenvalue weighted by atomic mass is 32.1. The van der Waals surface area contributed by atoms with Gasteiger partial charge >= 0.3 is 7.60 Å². The van der Waals surface area contributed by atoms with Gasteiger partial charge in [0.15, 0.2) is 0 Å². The molecular weight excluding hydrogens is 263 g/mol. The van der Waals surface area contributed by atoms with E-state index >= 15 is 0 Å². The maximum Gasteiger partial charge on any atom is 0.412 e. The molecule has 0 aliphatic heterocycles. The number of hydrogen-bond donors (Lipinski definition) is 1. The Morgan fingerprint density at radius 1 is 1.47 bits per heavy atom. The molecule has 8 heteroatoms. The molecular formula is C9H13N2O4PS. The molecule has 0 aliphatic carbocycles. The van der Waals surface area contributed by atoms with Gasteiger partial charge in [-0.25, -0.2) is 4.57 Å². The molecule has 0 saturated heterocycles. The van der Waals surface area contributed by atoms with E-state index in [0.717, 1.165) is 0 Å². The molecule has 1 aromatic rings. The van der Waals surface area contributed by atoms with Gasteiger partial charge in [-0.1, -0.05) is 26.1 Å². The molecule has 17 heavy (non-hydrogen) atoms. The topological polar surface area (TPSA) is 81.5 Å². The van der Waals surface area contributed by atoms with Crippen LogP contribution in [0.5, 0.6) is 11.8 Å². The molecule has 1 heterocycles. The molecule has 1 rings (SSSR count). The summed E-state index contributed by atoms with van der Waals surface area (Å²) in [5, 5.41) is 0.677. The van der Waals surface area contributed by atoms with Gasteiger partial charge in [0.05, 0.1) is 13.2 Å². The second-order valence-corrected chi connectivity index (χ2v) is 5.68. The zero-order valence-electron chi connectivity index (χ0n) is 9.65. The minimum Gasteiger partial charge on any atom is -0.481 e. The number of hydrogen-bond acceptors (Lipinski definition) is 6. The van der Waals surface area contributed by atoms with E-state index in [4.69, 9.17) is 9.26 Å². The third kappa shape index (κ3) is 4.03. The predicted octanol–water partition coefficient (Wildman–Crippen LogP) is 2.13. The lowest BCUT2D eigenvalue weighted by atomic mass is 10.2. The third-order valence-corrected chi connectivity index (χ3v) is 3.29. The first-order valence-electron chi connectivity index (χ1n) is 4.79. The molecule has 0 saturated carbocycles. The first-order valence-corrected chi connectivity index (χ1v) is 6.91. The van der Waals surface area contributed by atoms with Crippen molar-refractivity contribution in [2.45, 2.75) is 19.8 Å². The summed E-state index contributed by atoms with van der Waals surface area (Å²) in [6.45, 7) is 3.77. The van der Waals surface area contributed by atoms with E-state index in [0.29, 0.717) is 10.9 Å². The predicted molar refractivity (Wildman–Crippen MR) is 66.8 cm³/mol. The zero-order valence-corrected chi connectivity index (χ0v) is 11.4. The van der Waals surface area contributed by atoms with Gasteiger partial charge in [-0.05, 0) is 0 Å². The number of ether oxygens (including phenoxy) is 1. The molecule has 1 atom stereocenters. The van der Waals surface area contributed by atoms with Crippen molar-refractivity contribution in [3.8, 4) is 11.8 Å². The summed E-state index contributed by atoms with van der Waals surface area (Å²) in [5.74, 6) is 0.734. The largest absolute Gasteiger partial charge is 0.481 e. The Kier molecular flexibility index (Phi) is 4.56. The van der Waals surface area contributed by atoms with Crippen molar-refractivity contribution in [1.82, 2.24) is 9.97 Å². The van der Waals surface area contributed by atoms with Crippen molar-refractivity contribution in [2.75, 3.05) is 7.11 Å². The van der Waals surface area contributed by atoms with Crippen LogP contribution < -0.4 is 9.26 Å². The fraction of sp³-hybridized carbons (Fsp3) is 0.444. The third-order valence-electron chi connectivity index (χ3n) is 1.78. The second kappa shape index (κ2) is 5.53. The molecule has 0 bridgehead atoms. The van der Waals surface area contributed by atoms with E-state index in [1.807, 2.05) is 13.8 Å². The minimum absolute atomic E-state index is 0.0347. The summed E-state index contributed by atoms with van der Waals surface area (Å²) in [4.78, 5) is 17.3. The Labute approximate surface area is 105 Å². The van der Waals surface area contributed by atoms with Crippen LogP contribution in [0.15, 0.2) is 6.07 Å². The highest BCUT2D eigenvalue weighted by Gasteiger charge is 2.19. The Balaban J connectivity index is 3.11. The van der Waals surface area contributed by atoms with E-state index in [-0.39, 0.29) is 17.7 Å². The van der Waals surface area contributed by atoms with Crippen molar-refractivity contribution < 1.29 is 18.7 Å². The molecule has 0 spiro atoms. The SMILES string of the molecule is COc1cc(OP(=O)(O)C=S)nc(C(C)C)n1. The van der Waals surface area contributed by atoms with Crippen LogP contribution in [0.25, 0.3) is 0 Å². The normalized spacial score (nSPS) is 14.2. The van der Waals surface area contributed by atoms with Crippen LogP contribution in [0.2, 0.25) is 0 Å². The number of aromatic nitrogens is 2. The van der Waals surface area contributed by atoms with Crippen molar-refractivity contribution in [3.05, 3.63) is 11.9 Å². The maximum absolute atomic E-state index is 11.3. The summed E-state index contributed by atoms with van der Waals surface area (Å²) in [7, 11) is -2.49. The Morgan fingerprint density at radius 3 is 2.53 bits per heavy atom. The highest BCUT2D eigenvalue weighted by Crippen LogP contribution is 2.39. The average Bonchev–Trinajstić information content (AvgIpc) is 2.28. The van der Waals surface area contributed by atoms with Crippen LogP contribution in [0.3, 0.4) is 0 Å². The van der Waals surface area contributed by atoms with Gasteiger partial charge in [-0.2, -0.15) is 9.97 Å². The zero-order chi connectivity index (χ0) is 13.1. The molecule has 0 aliphatic rings. The monoisotopic (exact) mass is 276 g/mol. The first kappa shape index (κ1) is 14.0. The summed E-state index contributed by atoms with van der Waals surface area (Å²) in [6, 6.07) is 1.33. The Bertz CT molecular complexity index is 466. The van der Waals surface area contributed by atoms with Gasteiger partial charge in [0.2, 0.25) is 11.8 Å². The molecule has 0 aromatic carbocycles. The van der Waals surface area contributed by atoms with E-state index in [1.54, 1.807) is 0 Å². The molecule has 1 N–H and O–H groups in total. The quantitative estimate of drug-likeness (QED) is 0.651. The summed E-state index contributed by atoms with van der Waals surface area (Å²) < 4.78 is 21.1. The molecule has 0 radical (unpaired) electrons. The summed E-state index contributed by atoms with van der Waals surface area (Å²) in [5.41, 5.74) is 0. The van der Waals surface area contributed by atoms with Crippen LogP contribution in [0.4, 0.5) is 0 Å². The average molecular weight is 276 g/mol. The van der Waals surface area contributed by atoms with Gasteiger partial charge in [-0.15, -0.1) is 0 Å². The summed E-state index contributed by atoms with van der Waals surface area (Å²) >= 11 is 4.40. The molecule has 94 valence electrons. The van der Waals surface area contributed by atoms with E-state index in [9.17, 15) is 9.46 Å². The molecule has 0 amide bonds. The van der Waals surface area contributed by atoms with Crippen LogP contribution in [-0.2, 0) is 4.57 Å². The Hall–Kier alpha value is -1.04. The molecule has 1 aromatic heterocycles. The lowest BCUT2D eigenvalue weighted by Gasteiger charge is -2.11. The van der Waals surface area contributed by atoms with Crippen molar-refractivity contribution >= 4 is 24.9 Å². The molecule has 1 unspecified atom stereocenters. The Morgan fingerprint density at radius 2 is 2.06 bits per heavy atom. The lowest BCUT2D eigenvalue weighted by Crippen LogP contribution is -2.03. The van der Waals surface area contributed by atoms with Gasteiger partial charge in [0.1, 0.15) is 10.9 Å². The fourth-order valence-corrected chi connectivity index (χ4v) is 1.52. The van der Waals surface area contributed by atoms with E-state index in [2.05, 4.69) is 22.2 Å². The number of thiocarbonyl (C=S) groups is 1. The number of nitrogens with zero attached hydrogens (tertiary/aromatic N) is 2. The smallest absolute Gasteiger partial charge is 0.412 e. The maximum atomic E-state index is 11.3. The van der Waals surface area contributed by atoms with E-state index in [1.165, 1.54) is 13.2 Å². The van der Waals surface area contributed by atoms with Gasteiger partial charge in [0, 0.05) is 5.92 Å². The van der Waals surface area contributed by atoms with Gasteiger partial charge in [0.25, 0.3) is 0 Å². The standard InChI is InChI=1S/C9H13N2O4PS/c1-6(2)9-10-7(14-3)4-8(11-9)15-16(12,13)5-17/h4-6H,1-3H3,(H,12,13). The van der Waals surface area contributed by atoms with Gasteiger partial charge < -0.3 is 14.2 Å². The fourth-order valence-electron chi connectivity index (χ4n) is 0.986. The molecule has 0 fully saturated rings. The van der Waals surface area contributed by atoms with Crippen LogP contribution in [-0.4, -0.2) is 27.1 Å². The van der Waals surface area contributed by atoms with Crippen molar-refractivity contribution in [1.29, 1.82) is 0 Å². The van der Waals surface area contributed by atoms with Crippen LogP contribution >= 0.6 is 19.8 Å². The highest BCUT2D eigenvalue weighted by molar-refractivity contribution is 7.94. The van der Waals surface area contributed by atoms with Crippen LogP contribution in [0, 0.1) is 0 Å². The molecule has 6 nitrogen and oxygen atoms in total. The second-order valence-electron chi connectivity index (χ2n) is 3.52. The van der Waals surface area contributed by atoms with E-state index < -0.39 is 7.60 Å². The van der Waals surface area contributed by atoms with Crippen molar-refractivity contribution in [2.24, 2.45) is 0 Å². The van der Waals surface area contributed by atoms with Crippen LogP contribution in [0.1, 0.15) is 25.6 Å². The minimum atomic E-state index is -3.93.